The fourth-order valence-corrected chi connectivity index (χ4v) is 5.27. The van der Waals surface area contributed by atoms with Gasteiger partial charge in [-0.25, -0.2) is 0 Å². The highest BCUT2D eigenvalue weighted by molar-refractivity contribution is 7.98. The van der Waals surface area contributed by atoms with E-state index in [0.717, 1.165) is 43.9 Å². The second kappa shape index (κ2) is 10.2. The highest BCUT2D eigenvalue weighted by Gasteiger charge is 2.21. The van der Waals surface area contributed by atoms with Crippen LogP contribution in [0.1, 0.15) is 39.8 Å². The smallest absolute Gasteiger partial charge is 0.252 e. The van der Waals surface area contributed by atoms with E-state index in [-0.39, 0.29) is 5.91 Å². The molecule has 0 radical (unpaired) electrons. The number of hydrogen-bond donors (Lipinski definition) is 1. The summed E-state index contributed by atoms with van der Waals surface area (Å²) in [6.07, 6.45) is 2.25. The van der Waals surface area contributed by atoms with Gasteiger partial charge in [-0.2, -0.15) is 4.98 Å². The number of nitrogens with zero attached hydrogens (tertiary/aromatic N) is 3. The summed E-state index contributed by atoms with van der Waals surface area (Å²) in [6, 6.07) is 12.0. The molecule has 8 heteroatoms. The number of aryl methyl sites for hydroxylation is 1. The summed E-state index contributed by atoms with van der Waals surface area (Å²) in [4.78, 5) is 21.9. The summed E-state index contributed by atoms with van der Waals surface area (Å²) < 4.78 is 5.02. The van der Waals surface area contributed by atoms with Gasteiger partial charge in [-0.15, -0.1) is 23.1 Å². The van der Waals surface area contributed by atoms with E-state index in [1.165, 1.54) is 4.88 Å². The highest BCUT2D eigenvalue weighted by Crippen LogP contribution is 2.26. The zero-order valence-corrected chi connectivity index (χ0v) is 18.7. The lowest BCUT2D eigenvalue weighted by atomic mass is 9.96. The van der Waals surface area contributed by atoms with Crippen LogP contribution >= 0.6 is 23.1 Å². The van der Waals surface area contributed by atoms with E-state index in [1.54, 1.807) is 18.7 Å². The zero-order valence-electron chi connectivity index (χ0n) is 17.0. The molecule has 2 aromatic heterocycles. The highest BCUT2D eigenvalue weighted by atomic mass is 32.2. The third-order valence-corrected chi connectivity index (χ3v) is 7.21. The second-order valence-corrected chi connectivity index (χ2v) is 9.57. The topological polar surface area (TPSA) is 71.3 Å². The number of thiophene rings is 1. The summed E-state index contributed by atoms with van der Waals surface area (Å²) in [5, 5.41) is 9.21. The minimum Gasteiger partial charge on any atom is -0.352 e. The molecule has 4 rings (SSSR count). The number of benzene rings is 1. The molecule has 1 aliphatic rings. The van der Waals surface area contributed by atoms with Crippen molar-refractivity contribution in [3.8, 4) is 0 Å². The monoisotopic (exact) mass is 442 g/mol. The maximum Gasteiger partial charge on any atom is 0.252 e. The molecule has 6 nitrogen and oxygen atoms in total. The van der Waals surface area contributed by atoms with Crippen molar-refractivity contribution in [1.82, 2.24) is 20.4 Å². The molecule has 0 atom stereocenters. The van der Waals surface area contributed by atoms with Gasteiger partial charge in [0.15, 0.2) is 5.82 Å². The van der Waals surface area contributed by atoms with Crippen LogP contribution in [-0.2, 0) is 12.3 Å². The molecular formula is C22H26N4O2S2. The number of piperidine rings is 1. The maximum atomic E-state index is 12.8. The second-order valence-electron chi connectivity index (χ2n) is 7.52. The first kappa shape index (κ1) is 21.1. The molecule has 0 unspecified atom stereocenters. The maximum absolute atomic E-state index is 12.8. The normalized spacial score (nSPS) is 15.4. The van der Waals surface area contributed by atoms with Crippen LogP contribution < -0.4 is 5.32 Å². The molecule has 3 heterocycles. The Bertz CT molecular complexity index is 950. The van der Waals surface area contributed by atoms with Crippen LogP contribution in [0.2, 0.25) is 0 Å². The average molecular weight is 443 g/mol. The Hall–Kier alpha value is -2.16. The van der Waals surface area contributed by atoms with Crippen LogP contribution in [0.3, 0.4) is 0 Å². The number of amides is 1. The van der Waals surface area contributed by atoms with Gasteiger partial charge in [0, 0.05) is 29.8 Å². The Balaban J connectivity index is 1.25. The predicted molar refractivity (Wildman–Crippen MR) is 120 cm³/mol. The third-order valence-electron chi connectivity index (χ3n) is 5.28. The first-order chi connectivity index (χ1) is 14.7. The molecule has 1 aliphatic heterocycles. The van der Waals surface area contributed by atoms with Crippen molar-refractivity contribution in [2.75, 3.05) is 19.6 Å². The lowest BCUT2D eigenvalue weighted by Crippen LogP contribution is -2.38. The largest absolute Gasteiger partial charge is 0.352 e. The molecule has 0 saturated carbocycles. The first-order valence-corrected chi connectivity index (χ1v) is 12.1. The van der Waals surface area contributed by atoms with Crippen molar-refractivity contribution in [2.24, 2.45) is 5.92 Å². The molecular weight excluding hydrogens is 416 g/mol. The Morgan fingerprint density at radius 1 is 1.27 bits per heavy atom. The van der Waals surface area contributed by atoms with Gasteiger partial charge in [0.2, 0.25) is 5.89 Å². The van der Waals surface area contributed by atoms with Gasteiger partial charge in [0.25, 0.3) is 5.91 Å². The first-order valence-electron chi connectivity index (χ1n) is 10.2. The summed E-state index contributed by atoms with van der Waals surface area (Å²) in [7, 11) is 0. The Morgan fingerprint density at radius 2 is 2.10 bits per heavy atom. The van der Waals surface area contributed by atoms with Crippen LogP contribution in [0, 0.1) is 12.8 Å². The van der Waals surface area contributed by atoms with Gasteiger partial charge in [0.1, 0.15) is 0 Å². The van der Waals surface area contributed by atoms with Gasteiger partial charge in [-0.05, 0) is 55.4 Å². The third kappa shape index (κ3) is 5.71. The fraction of sp³-hybridized carbons (Fsp3) is 0.409. The van der Waals surface area contributed by atoms with E-state index < -0.39 is 0 Å². The standard InChI is InChI=1S/C22H26N4O2S2/c1-16-24-21(25-28-16)15-30-20-7-3-2-6-19(20)22(27)23-13-17-8-10-26(11-9-17)14-18-5-4-12-29-18/h2-7,12,17H,8-11,13-15H2,1H3,(H,23,27). The van der Waals surface area contributed by atoms with E-state index in [9.17, 15) is 4.79 Å². The summed E-state index contributed by atoms with van der Waals surface area (Å²) >= 11 is 3.37. The summed E-state index contributed by atoms with van der Waals surface area (Å²) in [6.45, 7) is 5.73. The molecule has 0 aliphatic carbocycles. The lowest BCUT2D eigenvalue weighted by Gasteiger charge is -2.31. The van der Waals surface area contributed by atoms with Crippen LogP contribution in [-0.4, -0.2) is 40.6 Å². The number of nitrogens with one attached hydrogen (secondary N) is 1. The number of thioether (sulfide) groups is 1. The van der Waals surface area contributed by atoms with Crippen molar-refractivity contribution in [3.63, 3.8) is 0 Å². The Labute approximate surface area is 185 Å². The van der Waals surface area contributed by atoms with Crippen molar-refractivity contribution >= 4 is 29.0 Å². The number of rotatable bonds is 8. The number of likely N-dealkylation sites (tertiary alicyclic amines) is 1. The number of hydrogen-bond acceptors (Lipinski definition) is 7. The molecule has 1 saturated heterocycles. The number of carbonyl (C=O) groups is 1. The molecule has 1 fully saturated rings. The van der Waals surface area contributed by atoms with Gasteiger partial charge in [0.05, 0.1) is 11.3 Å². The van der Waals surface area contributed by atoms with E-state index in [4.69, 9.17) is 4.52 Å². The van der Waals surface area contributed by atoms with E-state index in [2.05, 4.69) is 37.9 Å². The lowest BCUT2D eigenvalue weighted by molar-refractivity contribution is 0.0932. The SMILES string of the molecule is Cc1nc(CSc2ccccc2C(=O)NCC2CCN(Cc3cccs3)CC2)no1. The number of carbonyl (C=O) groups excluding carboxylic acids is 1. The van der Waals surface area contributed by atoms with Gasteiger partial charge in [-0.1, -0.05) is 23.4 Å². The zero-order chi connectivity index (χ0) is 20.8. The molecule has 158 valence electrons. The molecule has 1 amide bonds. The summed E-state index contributed by atoms with van der Waals surface area (Å²) in [5.74, 6) is 2.30. The van der Waals surface area contributed by atoms with E-state index in [1.807, 2.05) is 35.6 Å². The van der Waals surface area contributed by atoms with E-state index >= 15 is 0 Å². The molecule has 1 N–H and O–H groups in total. The van der Waals surface area contributed by atoms with Gasteiger partial charge >= 0.3 is 0 Å². The van der Waals surface area contributed by atoms with Crippen molar-refractivity contribution in [3.05, 3.63) is 63.9 Å². The molecule has 3 aromatic rings. The molecule has 30 heavy (non-hydrogen) atoms. The quantitative estimate of drug-likeness (QED) is 0.522. The predicted octanol–water partition coefficient (Wildman–Crippen LogP) is 4.37. The van der Waals surface area contributed by atoms with Crippen molar-refractivity contribution in [2.45, 2.75) is 37.0 Å². The molecule has 1 aromatic carbocycles. The van der Waals surface area contributed by atoms with Crippen LogP contribution in [0.4, 0.5) is 0 Å². The van der Waals surface area contributed by atoms with Gasteiger partial charge in [-0.3, -0.25) is 9.69 Å². The van der Waals surface area contributed by atoms with E-state index in [0.29, 0.717) is 28.9 Å². The molecule has 0 bridgehead atoms. The average Bonchev–Trinajstić information content (AvgIpc) is 3.43. The van der Waals surface area contributed by atoms with Gasteiger partial charge < -0.3 is 9.84 Å². The Kier molecular flexibility index (Phi) is 7.20. The summed E-state index contributed by atoms with van der Waals surface area (Å²) in [5.41, 5.74) is 0.706. The Morgan fingerprint density at radius 3 is 2.83 bits per heavy atom. The molecule has 0 spiro atoms. The fourth-order valence-electron chi connectivity index (χ4n) is 3.63. The number of aromatic nitrogens is 2. The van der Waals surface area contributed by atoms with Crippen LogP contribution in [0.5, 0.6) is 0 Å². The minimum atomic E-state index is -0.0107. The van der Waals surface area contributed by atoms with Crippen LogP contribution in [0.15, 0.2) is 51.2 Å². The minimum absolute atomic E-state index is 0.0107. The van der Waals surface area contributed by atoms with Crippen molar-refractivity contribution < 1.29 is 9.32 Å². The van der Waals surface area contributed by atoms with Crippen LogP contribution in [0.25, 0.3) is 0 Å². The van der Waals surface area contributed by atoms with Crippen molar-refractivity contribution in [1.29, 1.82) is 0 Å².